The van der Waals surface area contributed by atoms with E-state index in [1.165, 1.54) is 5.39 Å². The number of hydrogen-bond acceptors (Lipinski definition) is 1. The van der Waals surface area contributed by atoms with E-state index >= 15 is 4.39 Å². The Kier molecular flexibility index (Phi) is 2.23. The van der Waals surface area contributed by atoms with Gasteiger partial charge in [0.05, 0.1) is 17.2 Å². The maximum Gasteiger partial charge on any atom is 0.131 e. The van der Waals surface area contributed by atoms with Crippen molar-refractivity contribution in [2.75, 3.05) is 0 Å². The summed E-state index contributed by atoms with van der Waals surface area (Å²) in [5, 5.41) is 11.7. The van der Waals surface area contributed by atoms with E-state index in [0.717, 1.165) is 43.5 Å². The molecular formula is C22H13FN2. The second-order valence-electron chi connectivity index (χ2n) is 6.67. The SMILES string of the molecule is Cc1cccc2c3cccc4c3c3c(c(F)ccc3n3nccc43)c12. The van der Waals surface area contributed by atoms with Crippen LogP contribution in [0.3, 0.4) is 0 Å². The average Bonchev–Trinajstić information content (AvgIpc) is 3.12. The molecular weight excluding hydrogens is 311 g/mol. The molecule has 0 spiro atoms. The van der Waals surface area contributed by atoms with E-state index in [0.29, 0.717) is 5.39 Å². The molecule has 6 aromatic rings. The normalized spacial score (nSPS) is 12.4. The van der Waals surface area contributed by atoms with Crippen LogP contribution in [0.25, 0.3) is 48.7 Å². The molecule has 2 nitrogen and oxygen atoms in total. The van der Waals surface area contributed by atoms with Crippen LogP contribution in [-0.4, -0.2) is 9.61 Å². The van der Waals surface area contributed by atoms with Crippen LogP contribution < -0.4 is 0 Å². The quantitative estimate of drug-likeness (QED) is 0.254. The van der Waals surface area contributed by atoms with Crippen molar-refractivity contribution in [2.45, 2.75) is 6.92 Å². The van der Waals surface area contributed by atoms with Crippen molar-refractivity contribution < 1.29 is 4.39 Å². The summed E-state index contributed by atoms with van der Waals surface area (Å²) in [6, 6.07) is 17.9. The predicted molar refractivity (Wildman–Crippen MR) is 101 cm³/mol. The average molecular weight is 324 g/mol. The second-order valence-corrected chi connectivity index (χ2v) is 6.67. The van der Waals surface area contributed by atoms with Gasteiger partial charge in [-0.3, -0.25) is 0 Å². The number of pyridine rings is 1. The molecule has 0 radical (unpaired) electrons. The van der Waals surface area contributed by atoms with Gasteiger partial charge in [-0.15, -0.1) is 0 Å². The number of fused-ring (bicyclic) bond motifs is 6. The minimum Gasteiger partial charge on any atom is -0.232 e. The molecule has 0 amide bonds. The van der Waals surface area contributed by atoms with Crippen LogP contribution in [0.1, 0.15) is 5.56 Å². The standard InChI is InChI=1S/C22H13FN2/c1-12-4-2-5-13-14-6-3-7-15-17-10-11-24-25(17)18-9-8-16(23)21(19(12)13)22(18)20(14)15/h2-11H,1H3. The molecule has 0 atom stereocenters. The first kappa shape index (κ1) is 13.1. The summed E-state index contributed by atoms with van der Waals surface area (Å²) < 4.78 is 17.0. The highest BCUT2D eigenvalue weighted by atomic mass is 19.1. The van der Waals surface area contributed by atoms with E-state index in [1.54, 1.807) is 12.3 Å². The molecule has 2 heterocycles. The van der Waals surface area contributed by atoms with Gasteiger partial charge in [0.15, 0.2) is 0 Å². The van der Waals surface area contributed by atoms with E-state index in [4.69, 9.17) is 0 Å². The van der Waals surface area contributed by atoms with E-state index in [1.807, 2.05) is 22.7 Å². The summed E-state index contributed by atoms with van der Waals surface area (Å²) in [7, 11) is 0. The Morgan fingerprint density at radius 2 is 1.48 bits per heavy atom. The number of aryl methyl sites for hydroxylation is 1. The molecule has 4 aromatic carbocycles. The van der Waals surface area contributed by atoms with Crippen LogP contribution in [0, 0.1) is 12.7 Å². The maximum atomic E-state index is 15.0. The molecule has 3 heteroatoms. The summed E-state index contributed by atoms with van der Waals surface area (Å²) in [6.45, 7) is 2.05. The van der Waals surface area contributed by atoms with Crippen molar-refractivity contribution in [1.82, 2.24) is 9.61 Å². The molecule has 0 bridgehead atoms. The van der Waals surface area contributed by atoms with Crippen LogP contribution in [-0.2, 0) is 0 Å². The number of rotatable bonds is 0. The molecule has 6 rings (SSSR count). The molecule has 2 aromatic heterocycles. The third-order valence-electron chi connectivity index (χ3n) is 5.41. The number of halogens is 1. The third-order valence-corrected chi connectivity index (χ3v) is 5.41. The lowest BCUT2D eigenvalue weighted by Crippen LogP contribution is -1.97. The van der Waals surface area contributed by atoms with Crippen LogP contribution in [0.4, 0.5) is 4.39 Å². The first-order chi connectivity index (χ1) is 12.3. The molecule has 0 aliphatic rings. The van der Waals surface area contributed by atoms with Crippen LogP contribution in [0.5, 0.6) is 0 Å². The predicted octanol–water partition coefficient (Wildman–Crippen LogP) is 5.83. The summed E-state index contributed by atoms with van der Waals surface area (Å²) in [5.41, 5.74) is 3.09. The minimum atomic E-state index is -0.176. The zero-order valence-electron chi connectivity index (χ0n) is 13.5. The first-order valence-electron chi connectivity index (χ1n) is 8.37. The second kappa shape index (κ2) is 4.25. The van der Waals surface area contributed by atoms with E-state index < -0.39 is 0 Å². The van der Waals surface area contributed by atoms with E-state index in [-0.39, 0.29) is 5.82 Å². The summed E-state index contributed by atoms with van der Waals surface area (Å²) in [4.78, 5) is 0. The van der Waals surface area contributed by atoms with E-state index in [9.17, 15) is 0 Å². The number of benzene rings is 4. The molecule has 0 aliphatic carbocycles. The van der Waals surface area contributed by atoms with Gasteiger partial charge in [-0.1, -0.05) is 36.4 Å². The fourth-order valence-corrected chi connectivity index (χ4v) is 4.42. The molecule has 0 aliphatic heterocycles. The van der Waals surface area contributed by atoms with Crippen molar-refractivity contribution in [3.63, 3.8) is 0 Å². The number of aromatic nitrogens is 2. The highest BCUT2D eigenvalue weighted by molar-refractivity contribution is 6.35. The monoisotopic (exact) mass is 324 g/mol. The van der Waals surface area contributed by atoms with Crippen molar-refractivity contribution >= 4 is 48.7 Å². The van der Waals surface area contributed by atoms with Gasteiger partial charge in [0, 0.05) is 21.5 Å². The summed E-state index contributed by atoms with van der Waals surface area (Å²) in [5.74, 6) is -0.176. The fraction of sp³-hybridized carbons (Fsp3) is 0.0455. The van der Waals surface area contributed by atoms with Crippen LogP contribution in [0.15, 0.2) is 60.8 Å². The highest BCUT2D eigenvalue weighted by Gasteiger charge is 2.19. The molecule has 118 valence electrons. The Morgan fingerprint density at radius 1 is 0.720 bits per heavy atom. The summed E-state index contributed by atoms with van der Waals surface area (Å²) >= 11 is 0. The Morgan fingerprint density at radius 3 is 2.36 bits per heavy atom. The maximum absolute atomic E-state index is 15.0. The third kappa shape index (κ3) is 1.43. The highest BCUT2D eigenvalue weighted by Crippen LogP contribution is 2.43. The molecule has 0 N–H and O–H groups in total. The Hall–Kier alpha value is -3.20. The van der Waals surface area contributed by atoms with Crippen molar-refractivity contribution in [1.29, 1.82) is 0 Å². The Bertz CT molecular complexity index is 1460. The topological polar surface area (TPSA) is 17.3 Å². The Balaban J connectivity index is 2.18. The molecule has 0 unspecified atom stereocenters. The number of hydrogen-bond donors (Lipinski definition) is 0. The van der Waals surface area contributed by atoms with Gasteiger partial charge in [-0.2, -0.15) is 5.10 Å². The smallest absolute Gasteiger partial charge is 0.131 e. The molecule has 0 fully saturated rings. The lowest BCUT2D eigenvalue weighted by atomic mass is 9.89. The largest absolute Gasteiger partial charge is 0.232 e. The van der Waals surface area contributed by atoms with Gasteiger partial charge in [0.25, 0.3) is 0 Å². The Labute approximate surface area is 142 Å². The molecule has 25 heavy (non-hydrogen) atoms. The van der Waals surface area contributed by atoms with Crippen molar-refractivity contribution in [2.24, 2.45) is 0 Å². The van der Waals surface area contributed by atoms with Gasteiger partial charge in [0.1, 0.15) is 5.82 Å². The zero-order chi connectivity index (χ0) is 16.7. The minimum absolute atomic E-state index is 0.176. The lowest BCUT2D eigenvalue weighted by molar-refractivity contribution is 0.641. The van der Waals surface area contributed by atoms with Crippen molar-refractivity contribution in [3.8, 4) is 0 Å². The first-order valence-corrected chi connectivity index (χ1v) is 8.37. The van der Waals surface area contributed by atoms with Gasteiger partial charge in [-0.05, 0) is 46.8 Å². The van der Waals surface area contributed by atoms with Gasteiger partial charge in [0.2, 0.25) is 0 Å². The summed E-state index contributed by atoms with van der Waals surface area (Å²) in [6.07, 6.45) is 1.81. The van der Waals surface area contributed by atoms with Gasteiger partial charge >= 0.3 is 0 Å². The number of nitrogens with zero attached hydrogens (tertiary/aromatic N) is 2. The zero-order valence-corrected chi connectivity index (χ0v) is 13.5. The lowest BCUT2D eigenvalue weighted by Gasteiger charge is -2.17. The van der Waals surface area contributed by atoms with Gasteiger partial charge < -0.3 is 0 Å². The van der Waals surface area contributed by atoms with Crippen LogP contribution in [0.2, 0.25) is 0 Å². The van der Waals surface area contributed by atoms with E-state index in [2.05, 4.69) is 42.4 Å². The molecule has 0 saturated heterocycles. The fourth-order valence-electron chi connectivity index (χ4n) is 4.42. The van der Waals surface area contributed by atoms with Crippen LogP contribution >= 0.6 is 0 Å². The van der Waals surface area contributed by atoms with Crippen molar-refractivity contribution in [3.05, 3.63) is 72.2 Å². The van der Waals surface area contributed by atoms with Gasteiger partial charge in [-0.25, -0.2) is 8.91 Å². The molecule has 0 saturated carbocycles.